The van der Waals surface area contributed by atoms with Crippen LogP contribution in [0.15, 0.2) is 42.6 Å². The third kappa shape index (κ3) is 5.29. The summed E-state index contributed by atoms with van der Waals surface area (Å²) in [4.78, 5) is 16.0. The van der Waals surface area contributed by atoms with E-state index < -0.39 is 0 Å². The minimum Gasteiger partial charge on any atom is -0.492 e. The molecule has 122 valence electrons. The van der Waals surface area contributed by atoms with E-state index in [4.69, 9.17) is 4.74 Å². The lowest BCUT2D eigenvalue weighted by Gasteiger charge is -2.12. The number of nitrogens with one attached hydrogen (secondary N) is 2. The van der Waals surface area contributed by atoms with Crippen LogP contribution in [0.3, 0.4) is 0 Å². The largest absolute Gasteiger partial charge is 0.492 e. The Morgan fingerprint density at radius 1 is 1.22 bits per heavy atom. The van der Waals surface area contributed by atoms with E-state index in [-0.39, 0.29) is 5.91 Å². The van der Waals surface area contributed by atoms with Gasteiger partial charge in [0.15, 0.2) is 0 Å². The molecule has 0 aliphatic rings. The van der Waals surface area contributed by atoms with Gasteiger partial charge in [-0.15, -0.1) is 0 Å². The lowest BCUT2D eigenvalue weighted by Crippen LogP contribution is -2.14. The second kappa shape index (κ2) is 8.17. The van der Waals surface area contributed by atoms with Crippen molar-refractivity contribution >= 4 is 23.1 Å². The van der Waals surface area contributed by atoms with Gasteiger partial charge in [-0.2, -0.15) is 0 Å². The van der Waals surface area contributed by atoms with Crippen LogP contribution in [0.5, 0.6) is 5.75 Å². The summed E-state index contributed by atoms with van der Waals surface area (Å²) in [5.41, 5.74) is 1.71. The fourth-order valence-electron chi connectivity index (χ4n) is 2.11. The van der Waals surface area contributed by atoms with Gasteiger partial charge >= 0.3 is 0 Å². The molecule has 5 heteroatoms. The molecule has 0 aliphatic carbocycles. The second-order valence-electron chi connectivity index (χ2n) is 5.63. The molecule has 0 fully saturated rings. The van der Waals surface area contributed by atoms with Crippen molar-refractivity contribution in [3.05, 3.63) is 42.6 Å². The Morgan fingerprint density at radius 3 is 2.65 bits per heavy atom. The zero-order valence-corrected chi connectivity index (χ0v) is 13.8. The number of hydrogen-bond donors (Lipinski definition) is 2. The molecule has 1 heterocycles. The highest BCUT2D eigenvalue weighted by molar-refractivity contribution is 5.90. The second-order valence-corrected chi connectivity index (χ2v) is 5.63. The Bertz CT molecular complexity index is 639. The lowest BCUT2D eigenvalue weighted by molar-refractivity contribution is -0.116. The quantitative estimate of drug-likeness (QED) is 0.804. The molecule has 2 rings (SSSR count). The molecule has 1 aromatic carbocycles. The molecule has 2 aromatic rings. The van der Waals surface area contributed by atoms with Gasteiger partial charge < -0.3 is 15.4 Å². The monoisotopic (exact) mass is 313 g/mol. The molecule has 1 amide bonds. The maximum atomic E-state index is 11.7. The number of pyridine rings is 1. The van der Waals surface area contributed by atoms with Crippen LogP contribution in [0.25, 0.3) is 0 Å². The van der Waals surface area contributed by atoms with Crippen LogP contribution >= 0.6 is 0 Å². The summed E-state index contributed by atoms with van der Waals surface area (Å²) in [6, 6.07) is 11.4. The highest BCUT2D eigenvalue weighted by atomic mass is 16.5. The summed E-state index contributed by atoms with van der Waals surface area (Å²) in [6.45, 7) is 6.58. The molecule has 5 nitrogen and oxygen atoms in total. The average Bonchev–Trinajstić information content (AvgIpc) is 2.50. The Hall–Kier alpha value is -2.56. The van der Waals surface area contributed by atoms with Gasteiger partial charge in [0.1, 0.15) is 11.6 Å². The van der Waals surface area contributed by atoms with Crippen LogP contribution in [-0.4, -0.2) is 17.5 Å². The molecule has 0 unspecified atom stereocenters. The summed E-state index contributed by atoms with van der Waals surface area (Å²) in [7, 11) is 0. The summed E-state index contributed by atoms with van der Waals surface area (Å²) in [5, 5.41) is 6.06. The molecule has 0 bridgehead atoms. The van der Waals surface area contributed by atoms with Crippen molar-refractivity contribution in [1.29, 1.82) is 0 Å². The van der Waals surface area contributed by atoms with E-state index in [1.807, 2.05) is 51.1 Å². The molecule has 2 N–H and O–H groups in total. The first-order chi connectivity index (χ1) is 11.1. The number of nitrogens with zero attached hydrogens (tertiary/aromatic N) is 1. The number of amides is 1. The predicted molar refractivity (Wildman–Crippen MR) is 93.2 cm³/mol. The summed E-state index contributed by atoms with van der Waals surface area (Å²) >= 11 is 0. The van der Waals surface area contributed by atoms with Crippen molar-refractivity contribution in [2.45, 2.75) is 27.2 Å². The molecule has 0 atom stereocenters. The number of carbonyl (C=O) groups is 1. The Kier molecular flexibility index (Phi) is 5.97. The van der Waals surface area contributed by atoms with Gasteiger partial charge in [0.25, 0.3) is 0 Å². The number of carbonyl (C=O) groups excluding carboxylic acids is 1. The number of anilines is 3. The zero-order chi connectivity index (χ0) is 16.7. The highest BCUT2D eigenvalue weighted by Crippen LogP contribution is 2.27. The van der Waals surface area contributed by atoms with E-state index in [1.165, 1.54) is 0 Å². The van der Waals surface area contributed by atoms with Crippen LogP contribution in [0, 0.1) is 5.92 Å². The van der Waals surface area contributed by atoms with E-state index >= 15 is 0 Å². The van der Waals surface area contributed by atoms with E-state index in [1.54, 1.807) is 12.3 Å². The lowest BCUT2D eigenvalue weighted by atomic mass is 10.1. The SMILES string of the molecule is CCOc1ccccc1Nc1ccc(NC(=O)CC(C)C)nc1. The van der Waals surface area contributed by atoms with E-state index in [0.29, 0.717) is 24.8 Å². The van der Waals surface area contributed by atoms with Gasteiger partial charge in [-0.25, -0.2) is 4.98 Å². The average molecular weight is 313 g/mol. The zero-order valence-electron chi connectivity index (χ0n) is 13.8. The van der Waals surface area contributed by atoms with Crippen molar-refractivity contribution in [2.24, 2.45) is 5.92 Å². The van der Waals surface area contributed by atoms with Gasteiger partial charge in [0.05, 0.1) is 24.2 Å². The molecule has 0 aliphatic heterocycles. The molecule has 0 radical (unpaired) electrons. The smallest absolute Gasteiger partial charge is 0.225 e. The maximum absolute atomic E-state index is 11.7. The van der Waals surface area contributed by atoms with Crippen molar-refractivity contribution in [2.75, 3.05) is 17.2 Å². The molecule has 1 aromatic heterocycles. The third-order valence-electron chi connectivity index (χ3n) is 3.09. The fourth-order valence-corrected chi connectivity index (χ4v) is 2.11. The first-order valence-electron chi connectivity index (χ1n) is 7.83. The number of hydrogen-bond acceptors (Lipinski definition) is 4. The molecular weight excluding hydrogens is 290 g/mol. The van der Waals surface area contributed by atoms with Gasteiger partial charge in [0, 0.05) is 6.42 Å². The normalized spacial score (nSPS) is 10.4. The summed E-state index contributed by atoms with van der Waals surface area (Å²) < 4.78 is 5.58. The van der Waals surface area contributed by atoms with Crippen LogP contribution < -0.4 is 15.4 Å². The fraction of sp³-hybridized carbons (Fsp3) is 0.333. The standard InChI is InChI=1S/C18H23N3O2/c1-4-23-16-8-6-5-7-15(16)20-14-9-10-17(19-12-14)21-18(22)11-13(2)3/h5-10,12-13,20H,4,11H2,1-3H3,(H,19,21,22). The highest BCUT2D eigenvalue weighted by Gasteiger charge is 2.07. The minimum absolute atomic E-state index is 0.0186. The van der Waals surface area contributed by atoms with E-state index in [2.05, 4.69) is 15.6 Å². The topological polar surface area (TPSA) is 63.2 Å². The van der Waals surface area contributed by atoms with Gasteiger partial charge in [0.2, 0.25) is 5.91 Å². The van der Waals surface area contributed by atoms with Crippen LogP contribution in [-0.2, 0) is 4.79 Å². The van der Waals surface area contributed by atoms with Crippen LogP contribution in [0.4, 0.5) is 17.2 Å². The molecule has 0 saturated carbocycles. The number of aromatic nitrogens is 1. The predicted octanol–water partition coefficient (Wildman–Crippen LogP) is 4.21. The van der Waals surface area contributed by atoms with Gasteiger partial charge in [-0.05, 0) is 37.1 Å². The number of rotatable bonds is 7. The summed E-state index contributed by atoms with van der Waals surface area (Å²) in [5.74, 6) is 1.66. The minimum atomic E-state index is -0.0186. The molecular formula is C18H23N3O2. The van der Waals surface area contributed by atoms with Crippen molar-refractivity contribution < 1.29 is 9.53 Å². The van der Waals surface area contributed by atoms with Crippen LogP contribution in [0.2, 0.25) is 0 Å². The number of benzene rings is 1. The van der Waals surface area contributed by atoms with E-state index in [9.17, 15) is 4.79 Å². The van der Waals surface area contributed by atoms with Gasteiger partial charge in [-0.1, -0.05) is 26.0 Å². The van der Waals surface area contributed by atoms with E-state index in [0.717, 1.165) is 17.1 Å². The van der Waals surface area contributed by atoms with Crippen molar-refractivity contribution in [3.8, 4) is 5.75 Å². The number of ether oxygens (including phenoxy) is 1. The molecule has 0 spiro atoms. The van der Waals surface area contributed by atoms with Crippen LogP contribution in [0.1, 0.15) is 27.2 Å². The van der Waals surface area contributed by atoms with Crippen molar-refractivity contribution in [1.82, 2.24) is 4.98 Å². The van der Waals surface area contributed by atoms with Crippen molar-refractivity contribution in [3.63, 3.8) is 0 Å². The summed E-state index contributed by atoms with van der Waals surface area (Å²) in [6.07, 6.45) is 2.18. The Labute approximate surface area is 137 Å². The molecule has 23 heavy (non-hydrogen) atoms. The first-order valence-corrected chi connectivity index (χ1v) is 7.83. The van der Waals surface area contributed by atoms with Gasteiger partial charge in [-0.3, -0.25) is 4.79 Å². The Morgan fingerprint density at radius 2 is 2.00 bits per heavy atom. The third-order valence-corrected chi connectivity index (χ3v) is 3.09. The number of para-hydroxylation sites is 2. The Balaban J connectivity index is 2.01. The first kappa shape index (κ1) is 16.8. The maximum Gasteiger partial charge on any atom is 0.225 e. The molecule has 0 saturated heterocycles.